The minimum Gasteiger partial charge on any atom is -0.504 e. The molecular formula is C13H11FO2. The molecule has 0 aliphatic heterocycles. The van der Waals surface area contributed by atoms with Crippen LogP contribution in [0.2, 0.25) is 0 Å². The monoisotopic (exact) mass is 218 g/mol. The summed E-state index contributed by atoms with van der Waals surface area (Å²) >= 11 is 0. The topological polar surface area (TPSA) is 29.5 Å². The second-order valence-corrected chi connectivity index (χ2v) is 3.53. The molecule has 82 valence electrons. The largest absolute Gasteiger partial charge is 0.504 e. The third-order valence-corrected chi connectivity index (χ3v) is 2.17. The summed E-state index contributed by atoms with van der Waals surface area (Å²) in [6.07, 6.45) is 0. The number of hydrogen-bond donors (Lipinski definition) is 1. The number of hydrogen-bond acceptors (Lipinski definition) is 2. The van der Waals surface area contributed by atoms with Crippen molar-refractivity contribution in [1.82, 2.24) is 0 Å². The fraction of sp³-hybridized carbons (Fsp3) is 0.0769. The first kappa shape index (κ1) is 10.5. The molecule has 0 saturated carbocycles. The van der Waals surface area contributed by atoms with Crippen molar-refractivity contribution in [3.63, 3.8) is 0 Å². The van der Waals surface area contributed by atoms with Crippen LogP contribution in [0.15, 0.2) is 42.5 Å². The molecule has 16 heavy (non-hydrogen) atoms. The van der Waals surface area contributed by atoms with Crippen LogP contribution in [0.4, 0.5) is 4.39 Å². The van der Waals surface area contributed by atoms with Gasteiger partial charge in [-0.3, -0.25) is 0 Å². The first-order valence-corrected chi connectivity index (χ1v) is 4.88. The molecule has 2 rings (SSSR count). The van der Waals surface area contributed by atoms with Gasteiger partial charge in [0.15, 0.2) is 11.5 Å². The zero-order valence-electron chi connectivity index (χ0n) is 8.77. The van der Waals surface area contributed by atoms with Crippen LogP contribution in [-0.2, 0) is 0 Å². The Labute approximate surface area is 92.9 Å². The molecule has 2 aromatic carbocycles. The van der Waals surface area contributed by atoms with E-state index in [4.69, 9.17) is 4.74 Å². The molecule has 0 spiro atoms. The zero-order chi connectivity index (χ0) is 11.5. The Kier molecular flexibility index (Phi) is 2.77. The molecular weight excluding hydrogens is 207 g/mol. The summed E-state index contributed by atoms with van der Waals surface area (Å²) in [6, 6.07) is 11.0. The van der Waals surface area contributed by atoms with E-state index in [1.54, 1.807) is 12.1 Å². The molecule has 0 aliphatic carbocycles. The maximum atomic E-state index is 12.7. The average molecular weight is 218 g/mol. The molecule has 0 atom stereocenters. The third-order valence-electron chi connectivity index (χ3n) is 2.17. The first-order chi connectivity index (χ1) is 7.65. The molecule has 0 radical (unpaired) electrons. The van der Waals surface area contributed by atoms with Gasteiger partial charge in [0.1, 0.15) is 11.6 Å². The zero-order valence-corrected chi connectivity index (χ0v) is 8.77. The Hall–Kier alpha value is -2.03. The standard InChI is InChI=1S/C13H11FO2/c1-9-2-5-11(6-3-9)16-13-7-4-10(14)8-12(13)15/h2-8,15H,1H3. The number of benzene rings is 2. The molecule has 0 unspecified atom stereocenters. The molecule has 2 nitrogen and oxygen atoms in total. The second-order valence-electron chi connectivity index (χ2n) is 3.53. The average Bonchev–Trinajstić information content (AvgIpc) is 2.25. The summed E-state index contributed by atoms with van der Waals surface area (Å²) in [5, 5.41) is 9.44. The van der Waals surface area contributed by atoms with Crippen molar-refractivity contribution in [2.24, 2.45) is 0 Å². The molecule has 0 aliphatic rings. The minimum absolute atomic E-state index is 0.208. The van der Waals surface area contributed by atoms with Gasteiger partial charge in [-0.2, -0.15) is 0 Å². The predicted molar refractivity (Wildman–Crippen MR) is 59.3 cm³/mol. The summed E-state index contributed by atoms with van der Waals surface area (Å²) in [7, 11) is 0. The summed E-state index contributed by atoms with van der Waals surface area (Å²) in [4.78, 5) is 0. The highest BCUT2D eigenvalue weighted by atomic mass is 19.1. The van der Waals surface area contributed by atoms with E-state index in [1.807, 2.05) is 19.1 Å². The van der Waals surface area contributed by atoms with Crippen molar-refractivity contribution >= 4 is 0 Å². The molecule has 0 aromatic heterocycles. The molecule has 1 N–H and O–H groups in total. The van der Waals surface area contributed by atoms with Gasteiger partial charge >= 0.3 is 0 Å². The van der Waals surface area contributed by atoms with Gasteiger partial charge in [0.05, 0.1) is 0 Å². The lowest BCUT2D eigenvalue weighted by Gasteiger charge is -2.07. The van der Waals surface area contributed by atoms with Gasteiger partial charge in [0, 0.05) is 6.07 Å². The van der Waals surface area contributed by atoms with E-state index < -0.39 is 5.82 Å². The number of aromatic hydroxyl groups is 1. The predicted octanol–water partition coefficient (Wildman–Crippen LogP) is 3.63. The van der Waals surface area contributed by atoms with Gasteiger partial charge in [-0.05, 0) is 31.2 Å². The van der Waals surface area contributed by atoms with Crippen LogP contribution in [0.1, 0.15) is 5.56 Å². The van der Waals surface area contributed by atoms with Crippen molar-refractivity contribution in [1.29, 1.82) is 0 Å². The van der Waals surface area contributed by atoms with Crippen LogP contribution in [0.5, 0.6) is 17.2 Å². The minimum atomic E-state index is -0.492. The van der Waals surface area contributed by atoms with E-state index >= 15 is 0 Å². The summed E-state index contributed by atoms with van der Waals surface area (Å²) in [5.74, 6) is 0.145. The number of phenolic OH excluding ortho intramolecular Hbond substituents is 1. The molecule has 0 bridgehead atoms. The molecule has 0 saturated heterocycles. The van der Waals surface area contributed by atoms with E-state index in [1.165, 1.54) is 12.1 Å². The van der Waals surface area contributed by atoms with Crippen molar-refractivity contribution in [2.75, 3.05) is 0 Å². The highest BCUT2D eigenvalue weighted by molar-refractivity contribution is 5.42. The highest BCUT2D eigenvalue weighted by Crippen LogP contribution is 2.30. The third kappa shape index (κ3) is 2.31. The lowest BCUT2D eigenvalue weighted by atomic mass is 10.2. The lowest BCUT2D eigenvalue weighted by Crippen LogP contribution is -1.85. The van der Waals surface area contributed by atoms with Crippen LogP contribution in [-0.4, -0.2) is 5.11 Å². The Morgan fingerprint density at radius 2 is 1.75 bits per heavy atom. The van der Waals surface area contributed by atoms with Crippen molar-refractivity contribution in [3.8, 4) is 17.2 Å². The van der Waals surface area contributed by atoms with E-state index in [-0.39, 0.29) is 11.5 Å². The number of rotatable bonds is 2. The van der Waals surface area contributed by atoms with Crippen LogP contribution >= 0.6 is 0 Å². The van der Waals surface area contributed by atoms with Gasteiger partial charge in [-0.1, -0.05) is 17.7 Å². The smallest absolute Gasteiger partial charge is 0.169 e. The Balaban J connectivity index is 2.23. The molecule has 3 heteroatoms. The Morgan fingerprint density at radius 3 is 2.38 bits per heavy atom. The number of halogens is 1. The number of ether oxygens (including phenoxy) is 1. The van der Waals surface area contributed by atoms with Crippen LogP contribution in [0.3, 0.4) is 0 Å². The second kappa shape index (κ2) is 4.23. The van der Waals surface area contributed by atoms with E-state index in [0.29, 0.717) is 5.75 Å². The first-order valence-electron chi connectivity index (χ1n) is 4.88. The van der Waals surface area contributed by atoms with Gasteiger partial charge in [0.25, 0.3) is 0 Å². The Morgan fingerprint density at radius 1 is 1.06 bits per heavy atom. The van der Waals surface area contributed by atoms with E-state index in [2.05, 4.69) is 0 Å². The van der Waals surface area contributed by atoms with Crippen molar-refractivity contribution in [3.05, 3.63) is 53.8 Å². The van der Waals surface area contributed by atoms with Gasteiger partial charge < -0.3 is 9.84 Å². The Bertz CT molecular complexity index is 492. The molecule has 2 aromatic rings. The maximum absolute atomic E-state index is 12.7. The fourth-order valence-corrected chi connectivity index (χ4v) is 1.31. The van der Waals surface area contributed by atoms with Gasteiger partial charge in [-0.25, -0.2) is 4.39 Å². The quantitative estimate of drug-likeness (QED) is 0.833. The lowest BCUT2D eigenvalue weighted by molar-refractivity contribution is 0.407. The maximum Gasteiger partial charge on any atom is 0.169 e. The van der Waals surface area contributed by atoms with Gasteiger partial charge in [0.2, 0.25) is 0 Å². The van der Waals surface area contributed by atoms with Crippen LogP contribution < -0.4 is 4.74 Å². The molecule has 0 amide bonds. The molecule has 0 fully saturated rings. The molecule has 0 heterocycles. The number of aryl methyl sites for hydroxylation is 1. The summed E-state index contributed by atoms with van der Waals surface area (Å²) in [6.45, 7) is 1.97. The van der Waals surface area contributed by atoms with Gasteiger partial charge in [-0.15, -0.1) is 0 Å². The highest BCUT2D eigenvalue weighted by Gasteiger charge is 2.04. The van der Waals surface area contributed by atoms with Crippen molar-refractivity contribution < 1.29 is 14.2 Å². The van der Waals surface area contributed by atoms with Crippen molar-refractivity contribution in [2.45, 2.75) is 6.92 Å². The van der Waals surface area contributed by atoms with Crippen LogP contribution in [0, 0.1) is 12.7 Å². The SMILES string of the molecule is Cc1ccc(Oc2ccc(F)cc2O)cc1. The fourth-order valence-electron chi connectivity index (χ4n) is 1.31. The van der Waals surface area contributed by atoms with E-state index in [9.17, 15) is 9.50 Å². The normalized spacial score (nSPS) is 10.1. The number of phenols is 1. The summed E-state index contributed by atoms with van der Waals surface area (Å²) in [5.41, 5.74) is 1.12. The summed E-state index contributed by atoms with van der Waals surface area (Å²) < 4.78 is 18.1. The van der Waals surface area contributed by atoms with E-state index in [0.717, 1.165) is 11.6 Å². The van der Waals surface area contributed by atoms with Crippen LogP contribution in [0.25, 0.3) is 0 Å².